The van der Waals surface area contributed by atoms with Crippen molar-refractivity contribution >= 4 is 5.71 Å². The summed E-state index contributed by atoms with van der Waals surface area (Å²) in [5.41, 5.74) is 2.56. The molecule has 17 heavy (non-hydrogen) atoms. The molecule has 0 radical (unpaired) electrons. The molecule has 0 spiro atoms. The van der Waals surface area contributed by atoms with E-state index in [0.29, 0.717) is 18.2 Å². The third-order valence-electron chi connectivity index (χ3n) is 2.63. The van der Waals surface area contributed by atoms with Crippen molar-refractivity contribution in [1.29, 1.82) is 0 Å². The Morgan fingerprint density at radius 3 is 2.71 bits per heavy atom. The SMILES string of the molecule is C/C(=N\O)c1cc(C)ccc1OCCC(C)C. The predicted octanol–water partition coefficient (Wildman–Crippen LogP) is 3.62. The molecule has 0 aliphatic rings. The third-order valence-corrected chi connectivity index (χ3v) is 2.63. The molecule has 3 nitrogen and oxygen atoms in total. The molecule has 0 atom stereocenters. The van der Waals surface area contributed by atoms with Gasteiger partial charge in [-0.1, -0.05) is 30.6 Å². The van der Waals surface area contributed by atoms with Gasteiger partial charge in [-0.15, -0.1) is 0 Å². The lowest BCUT2D eigenvalue weighted by Gasteiger charge is -2.12. The lowest BCUT2D eigenvalue weighted by atomic mass is 10.1. The second-order valence-electron chi connectivity index (χ2n) is 4.72. The van der Waals surface area contributed by atoms with Crippen LogP contribution in [0.5, 0.6) is 5.75 Å². The monoisotopic (exact) mass is 235 g/mol. The highest BCUT2D eigenvalue weighted by molar-refractivity contribution is 6.00. The number of rotatable bonds is 5. The van der Waals surface area contributed by atoms with Crippen molar-refractivity contribution in [3.63, 3.8) is 0 Å². The largest absolute Gasteiger partial charge is 0.493 e. The van der Waals surface area contributed by atoms with Crippen molar-refractivity contribution in [2.24, 2.45) is 11.1 Å². The molecule has 1 rings (SSSR count). The van der Waals surface area contributed by atoms with Gasteiger partial charge in [0.2, 0.25) is 0 Å². The van der Waals surface area contributed by atoms with Crippen LogP contribution in [-0.2, 0) is 0 Å². The maximum atomic E-state index is 8.85. The smallest absolute Gasteiger partial charge is 0.128 e. The first-order chi connectivity index (χ1) is 8.04. The molecule has 0 heterocycles. The van der Waals surface area contributed by atoms with Crippen LogP contribution in [0.3, 0.4) is 0 Å². The standard InChI is InChI=1S/C14H21NO2/c1-10(2)7-8-17-14-6-5-11(3)9-13(14)12(4)15-16/h5-6,9-10,16H,7-8H2,1-4H3/b15-12+. The highest BCUT2D eigenvalue weighted by Gasteiger charge is 2.08. The van der Waals surface area contributed by atoms with Gasteiger partial charge >= 0.3 is 0 Å². The van der Waals surface area contributed by atoms with E-state index in [-0.39, 0.29) is 0 Å². The predicted molar refractivity (Wildman–Crippen MR) is 70.1 cm³/mol. The molecular formula is C14H21NO2. The summed E-state index contributed by atoms with van der Waals surface area (Å²) >= 11 is 0. The number of aryl methyl sites for hydroxylation is 1. The number of ether oxygens (including phenoxy) is 1. The summed E-state index contributed by atoms with van der Waals surface area (Å²) in [6.07, 6.45) is 1.02. The van der Waals surface area contributed by atoms with Crippen molar-refractivity contribution in [3.8, 4) is 5.75 Å². The van der Waals surface area contributed by atoms with Gasteiger partial charge in [0, 0.05) is 5.56 Å². The van der Waals surface area contributed by atoms with E-state index < -0.39 is 0 Å². The highest BCUT2D eigenvalue weighted by Crippen LogP contribution is 2.21. The molecule has 1 N–H and O–H groups in total. The molecule has 0 aliphatic heterocycles. The van der Waals surface area contributed by atoms with Gasteiger partial charge in [-0.25, -0.2) is 0 Å². The maximum Gasteiger partial charge on any atom is 0.128 e. The van der Waals surface area contributed by atoms with Crippen molar-refractivity contribution < 1.29 is 9.94 Å². The molecule has 1 aromatic rings. The third kappa shape index (κ3) is 4.10. The Hall–Kier alpha value is -1.51. The van der Waals surface area contributed by atoms with Crippen LogP contribution >= 0.6 is 0 Å². The molecule has 0 aromatic heterocycles. The molecule has 94 valence electrons. The van der Waals surface area contributed by atoms with Crippen molar-refractivity contribution in [1.82, 2.24) is 0 Å². The first-order valence-electron chi connectivity index (χ1n) is 5.97. The fourth-order valence-electron chi connectivity index (χ4n) is 1.51. The molecular weight excluding hydrogens is 214 g/mol. The number of nitrogens with zero attached hydrogens (tertiary/aromatic N) is 1. The van der Waals surface area contributed by atoms with Crippen molar-refractivity contribution in [2.75, 3.05) is 6.61 Å². The summed E-state index contributed by atoms with van der Waals surface area (Å²) in [7, 11) is 0. The average Bonchev–Trinajstić information content (AvgIpc) is 2.29. The van der Waals surface area contributed by atoms with Crippen molar-refractivity contribution in [3.05, 3.63) is 29.3 Å². The minimum Gasteiger partial charge on any atom is -0.493 e. The Morgan fingerprint density at radius 1 is 1.41 bits per heavy atom. The van der Waals surface area contributed by atoms with E-state index >= 15 is 0 Å². The Labute approximate surface area is 103 Å². The second kappa shape index (κ2) is 6.28. The van der Waals surface area contributed by atoms with Gasteiger partial charge in [0.1, 0.15) is 5.75 Å². The number of oxime groups is 1. The summed E-state index contributed by atoms with van der Waals surface area (Å²) in [6, 6.07) is 5.90. The molecule has 0 amide bonds. The Kier molecular flexibility index (Phi) is 5.01. The van der Waals surface area contributed by atoms with Gasteiger partial charge in [-0.3, -0.25) is 0 Å². The zero-order valence-corrected chi connectivity index (χ0v) is 11.0. The zero-order chi connectivity index (χ0) is 12.8. The Balaban J connectivity index is 2.83. The lowest BCUT2D eigenvalue weighted by Crippen LogP contribution is -2.06. The van der Waals surface area contributed by atoms with E-state index in [9.17, 15) is 0 Å². The fourth-order valence-corrected chi connectivity index (χ4v) is 1.51. The van der Waals surface area contributed by atoms with Gasteiger partial charge in [0.05, 0.1) is 12.3 Å². The van der Waals surface area contributed by atoms with E-state index in [1.165, 1.54) is 0 Å². The zero-order valence-electron chi connectivity index (χ0n) is 11.0. The summed E-state index contributed by atoms with van der Waals surface area (Å²) in [4.78, 5) is 0. The first kappa shape index (κ1) is 13.6. The van der Waals surface area contributed by atoms with Gasteiger partial charge in [0.15, 0.2) is 0 Å². The van der Waals surface area contributed by atoms with Crippen LogP contribution in [-0.4, -0.2) is 17.5 Å². The summed E-state index contributed by atoms with van der Waals surface area (Å²) in [5, 5.41) is 12.1. The van der Waals surface area contributed by atoms with E-state index in [1.807, 2.05) is 25.1 Å². The summed E-state index contributed by atoms with van der Waals surface area (Å²) in [6.45, 7) is 8.79. The molecule has 0 fully saturated rings. The van der Waals surface area contributed by atoms with E-state index in [2.05, 4.69) is 19.0 Å². The molecule has 0 unspecified atom stereocenters. The van der Waals surface area contributed by atoms with Crippen LogP contribution in [0, 0.1) is 12.8 Å². The fraction of sp³-hybridized carbons (Fsp3) is 0.500. The lowest BCUT2D eigenvalue weighted by molar-refractivity contribution is 0.288. The maximum absolute atomic E-state index is 8.85. The minimum atomic E-state index is 0.577. The van der Waals surface area contributed by atoms with Crippen LogP contribution in [0.1, 0.15) is 38.3 Å². The normalized spacial score (nSPS) is 11.9. The van der Waals surface area contributed by atoms with E-state index in [0.717, 1.165) is 23.3 Å². The molecule has 3 heteroatoms. The van der Waals surface area contributed by atoms with Crippen LogP contribution < -0.4 is 4.74 Å². The summed E-state index contributed by atoms with van der Waals surface area (Å²) in [5.74, 6) is 1.41. The molecule has 0 aliphatic carbocycles. The molecule has 0 saturated heterocycles. The van der Waals surface area contributed by atoms with Crippen molar-refractivity contribution in [2.45, 2.75) is 34.1 Å². The Bertz CT molecular complexity index is 397. The second-order valence-corrected chi connectivity index (χ2v) is 4.72. The topological polar surface area (TPSA) is 41.8 Å². The average molecular weight is 235 g/mol. The van der Waals surface area contributed by atoms with E-state index in [1.54, 1.807) is 6.92 Å². The first-order valence-corrected chi connectivity index (χ1v) is 5.97. The molecule has 0 saturated carbocycles. The minimum absolute atomic E-state index is 0.577. The van der Waals surface area contributed by atoms with Gasteiger partial charge in [-0.2, -0.15) is 0 Å². The number of benzene rings is 1. The van der Waals surface area contributed by atoms with Gasteiger partial charge < -0.3 is 9.94 Å². The van der Waals surface area contributed by atoms with Crippen LogP contribution in [0.15, 0.2) is 23.4 Å². The van der Waals surface area contributed by atoms with Crippen LogP contribution in [0.25, 0.3) is 0 Å². The van der Waals surface area contributed by atoms with Gasteiger partial charge in [0.25, 0.3) is 0 Å². The van der Waals surface area contributed by atoms with Crippen LogP contribution in [0.2, 0.25) is 0 Å². The quantitative estimate of drug-likeness (QED) is 0.481. The Morgan fingerprint density at radius 2 is 2.12 bits per heavy atom. The van der Waals surface area contributed by atoms with Gasteiger partial charge in [-0.05, 0) is 38.3 Å². The highest BCUT2D eigenvalue weighted by atomic mass is 16.5. The number of hydrogen-bond donors (Lipinski definition) is 1. The number of hydrogen-bond acceptors (Lipinski definition) is 3. The van der Waals surface area contributed by atoms with E-state index in [4.69, 9.17) is 9.94 Å². The van der Waals surface area contributed by atoms with Crippen LogP contribution in [0.4, 0.5) is 0 Å². The molecule has 1 aromatic carbocycles. The molecule has 0 bridgehead atoms. The summed E-state index contributed by atoms with van der Waals surface area (Å²) < 4.78 is 5.73.